The number of urea groups is 1. The van der Waals surface area contributed by atoms with Gasteiger partial charge in [-0.2, -0.15) is 0 Å². The summed E-state index contributed by atoms with van der Waals surface area (Å²) in [4.78, 5) is 14.5. The lowest BCUT2D eigenvalue weighted by Crippen LogP contribution is -2.49. The molecule has 1 fully saturated rings. The van der Waals surface area contributed by atoms with Crippen LogP contribution in [0.3, 0.4) is 0 Å². The lowest BCUT2D eigenvalue weighted by molar-refractivity contribution is 0.0941. The second-order valence-electron chi connectivity index (χ2n) is 5.67. The Kier molecular flexibility index (Phi) is 5.05. The maximum absolute atomic E-state index is 12.0. The number of amides is 2. The summed E-state index contributed by atoms with van der Waals surface area (Å²) in [6.45, 7) is 6.14. The summed E-state index contributed by atoms with van der Waals surface area (Å²) >= 11 is 1.75. The number of hydrogen-bond acceptors (Lipinski definition) is 3. The first-order valence-corrected chi connectivity index (χ1v) is 8.11. The molecule has 1 aliphatic rings. The van der Waals surface area contributed by atoms with E-state index in [2.05, 4.69) is 30.5 Å². The van der Waals surface area contributed by atoms with Gasteiger partial charge >= 0.3 is 6.03 Å². The highest BCUT2D eigenvalue weighted by Crippen LogP contribution is 2.26. The van der Waals surface area contributed by atoms with Gasteiger partial charge in [-0.05, 0) is 45.2 Å². The van der Waals surface area contributed by atoms with Gasteiger partial charge < -0.3 is 15.7 Å². The number of carbonyl (C=O) groups is 1. The Morgan fingerprint density at radius 2 is 2.10 bits per heavy atom. The predicted octanol–water partition coefficient (Wildman–Crippen LogP) is 3.03. The SMILES string of the molecule is Cc1cc(C(C)NC(=O)NC2CCCCC2O)c(C)s1. The molecule has 3 atom stereocenters. The van der Waals surface area contributed by atoms with Crippen LogP contribution in [0.25, 0.3) is 0 Å². The number of aliphatic hydroxyl groups excluding tert-OH is 1. The zero-order valence-electron chi connectivity index (χ0n) is 12.4. The molecule has 112 valence electrons. The first-order chi connectivity index (χ1) is 9.47. The minimum atomic E-state index is -0.407. The van der Waals surface area contributed by atoms with Gasteiger partial charge in [-0.15, -0.1) is 11.3 Å². The van der Waals surface area contributed by atoms with E-state index in [1.807, 2.05) is 6.92 Å². The van der Waals surface area contributed by atoms with Crippen molar-refractivity contribution in [1.82, 2.24) is 10.6 Å². The molecule has 0 spiro atoms. The van der Waals surface area contributed by atoms with E-state index in [-0.39, 0.29) is 18.1 Å². The largest absolute Gasteiger partial charge is 0.391 e. The van der Waals surface area contributed by atoms with Crippen LogP contribution in [-0.4, -0.2) is 23.3 Å². The first kappa shape index (κ1) is 15.3. The molecule has 2 amide bonds. The molecule has 5 heteroatoms. The maximum Gasteiger partial charge on any atom is 0.315 e. The Bertz CT molecular complexity index is 472. The number of aryl methyl sites for hydroxylation is 2. The fourth-order valence-corrected chi connectivity index (χ4v) is 3.87. The molecule has 0 radical (unpaired) electrons. The summed E-state index contributed by atoms with van der Waals surface area (Å²) in [5.74, 6) is 0. The maximum atomic E-state index is 12.0. The van der Waals surface area contributed by atoms with Gasteiger partial charge in [0, 0.05) is 9.75 Å². The topological polar surface area (TPSA) is 61.4 Å². The third-order valence-electron chi connectivity index (χ3n) is 3.94. The van der Waals surface area contributed by atoms with Crippen molar-refractivity contribution in [3.05, 3.63) is 21.4 Å². The fourth-order valence-electron chi connectivity index (χ4n) is 2.84. The number of nitrogens with one attached hydrogen (secondary N) is 2. The summed E-state index contributed by atoms with van der Waals surface area (Å²) in [5, 5.41) is 15.7. The minimum Gasteiger partial charge on any atom is -0.391 e. The van der Waals surface area contributed by atoms with Crippen molar-refractivity contribution >= 4 is 17.4 Å². The van der Waals surface area contributed by atoms with Crippen molar-refractivity contribution in [2.75, 3.05) is 0 Å². The van der Waals surface area contributed by atoms with Gasteiger partial charge in [0.1, 0.15) is 0 Å². The average Bonchev–Trinajstić information content (AvgIpc) is 2.71. The van der Waals surface area contributed by atoms with Gasteiger partial charge in [0.25, 0.3) is 0 Å². The second-order valence-corrected chi connectivity index (χ2v) is 7.13. The van der Waals surface area contributed by atoms with Gasteiger partial charge in [-0.25, -0.2) is 4.79 Å². The summed E-state index contributed by atoms with van der Waals surface area (Å²) < 4.78 is 0. The summed E-state index contributed by atoms with van der Waals surface area (Å²) in [6, 6.07) is 1.81. The molecule has 3 unspecified atom stereocenters. The number of hydrogen-bond donors (Lipinski definition) is 3. The van der Waals surface area contributed by atoms with Crippen LogP contribution in [0.1, 0.15) is 54.0 Å². The normalized spacial score (nSPS) is 24.2. The highest BCUT2D eigenvalue weighted by molar-refractivity contribution is 7.12. The molecule has 1 heterocycles. The number of aliphatic hydroxyl groups is 1. The summed E-state index contributed by atoms with van der Waals surface area (Å²) in [7, 11) is 0. The smallest absolute Gasteiger partial charge is 0.315 e. The molecule has 0 saturated heterocycles. The zero-order valence-corrected chi connectivity index (χ0v) is 13.2. The lowest BCUT2D eigenvalue weighted by Gasteiger charge is -2.29. The van der Waals surface area contributed by atoms with Crippen molar-refractivity contribution in [3.63, 3.8) is 0 Å². The van der Waals surface area contributed by atoms with E-state index in [9.17, 15) is 9.90 Å². The summed E-state index contributed by atoms with van der Waals surface area (Å²) in [6.07, 6.45) is 3.35. The molecule has 0 bridgehead atoms. The monoisotopic (exact) mass is 296 g/mol. The quantitative estimate of drug-likeness (QED) is 0.803. The highest BCUT2D eigenvalue weighted by Gasteiger charge is 2.25. The standard InChI is InChI=1S/C15H24N2O2S/c1-9-8-12(11(3)20-9)10(2)16-15(19)17-13-6-4-5-7-14(13)18/h8,10,13-14,18H,4-7H2,1-3H3,(H2,16,17,19). The molecule has 20 heavy (non-hydrogen) atoms. The molecule has 2 rings (SSSR count). The van der Waals surface area contributed by atoms with Crippen LogP contribution in [-0.2, 0) is 0 Å². The molecule has 1 aromatic rings. The van der Waals surface area contributed by atoms with Gasteiger partial charge in [-0.3, -0.25) is 0 Å². The van der Waals surface area contributed by atoms with Crippen LogP contribution in [0, 0.1) is 13.8 Å². The molecular weight excluding hydrogens is 272 g/mol. The molecular formula is C15H24N2O2S. The van der Waals surface area contributed by atoms with Gasteiger partial charge in [0.05, 0.1) is 18.2 Å². The molecule has 1 aliphatic carbocycles. The van der Waals surface area contributed by atoms with Crippen molar-refractivity contribution in [2.45, 2.75) is 64.6 Å². The van der Waals surface area contributed by atoms with Crippen LogP contribution in [0.5, 0.6) is 0 Å². The molecule has 4 nitrogen and oxygen atoms in total. The molecule has 0 aromatic carbocycles. The van der Waals surface area contributed by atoms with Crippen LogP contribution in [0.2, 0.25) is 0 Å². The number of rotatable bonds is 3. The average molecular weight is 296 g/mol. The predicted molar refractivity (Wildman–Crippen MR) is 82.1 cm³/mol. The molecule has 1 aromatic heterocycles. The van der Waals surface area contributed by atoms with Crippen LogP contribution in [0.4, 0.5) is 4.79 Å². The van der Waals surface area contributed by atoms with E-state index in [1.165, 1.54) is 15.3 Å². The van der Waals surface area contributed by atoms with Crippen LogP contribution in [0.15, 0.2) is 6.07 Å². The van der Waals surface area contributed by atoms with E-state index < -0.39 is 6.10 Å². The van der Waals surface area contributed by atoms with Crippen LogP contribution >= 0.6 is 11.3 Å². The van der Waals surface area contributed by atoms with Gasteiger partial charge in [0.15, 0.2) is 0 Å². The molecule has 1 saturated carbocycles. The van der Waals surface area contributed by atoms with E-state index in [1.54, 1.807) is 11.3 Å². The van der Waals surface area contributed by atoms with E-state index in [0.29, 0.717) is 0 Å². The number of thiophene rings is 1. The Morgan fingerprint density at radius 3 is 2.70 bits per heavy atom. The van der Waals surface area contributed by atoms with Crippen molar-refractivity contribution in [2.24, 2.45) is 0 Å². The van der Waals surface area contributed by atoms with Crippen molar-refractivity contribution < 1.29 is 9.90 Å². The summed E-state index contributed by atoms with van der Waals surface area (Å²) in [5.41, 5.74) is 1.17. The molecule has 0 aliphatic heterocycles. The van der Waals surface area contributed by atoms with E-state index in [4.69, 9.17) is 0 Å². The zero-order chi connectivity index (χ0) is 14.7. The third kappa shape index (κ3) is 3.73. The van der Waals surface area contributed by atoms with Gasteiger partial charge in [0.2, 0.25) is 0 Å². The van der Waals surface area contributed by atoms with E-state index >= 15 is 0 Å². The van der Waals surface area contributed by atoms with Crippen molar-refractivity contribution in [3.8, 4) is 0 Å². The fraction of sp³-hybridized carbons (Fsp3) is 0.667. The van der Waals surface area contributed by atoms with Gasteiger partial charge in [-0.1, -0.05) is 12.8 Å². The number of carbonyl (C=O) groups excluding carboxylic acids is 1. The Balaban J connectivity index is 1.89. The van der Waals surface area contributed by atoms with Crippen molar-refractivity contribution in [1.29, 1.82) is 0 Å². The third-order valence-corrected chi connectivity index (χ3v) is 4.92. The lowest BCUT2D eigenvalue weighted by atomic mass is 9.93. The minimum absolute atomic E-state index is 0.0133. The first-order valence-electron chi connectivity index (χ1n) is 7.29. The Morgan fingerprint density at radius 1 is 1.40 bits per heavy atom. The Labute approximate surface area is 124 Å². The molecule has 3 N–H and O–H groups in total. The second kappa shape index (κ2) is 6.59. The van der Waals surface area contributed by atoms with E-state index in [0.717, 1.165) is 25.7 Å². The van der Waals surface area contributed by atoms with Crippen LogP contribution < -0.4 is 10.6 Å². The Hall–Kier alpha value is -1.07. The highest BCUT2D eigenvalue weighted by atomic mass is 32.1.